The Kier molecular flexibility index (Phi) is 8.18. The zero-order chi connectivity index (χ0) is 32.7. The van der Waals surface area contributed by atoms with Gasteiger partial charge < -0.3 is 14.2 Å². The number of thiazole rings is 1. The number of hydrogen-bond donors (Lipinski definition) is 0. The largest absolute Gasteiger partial charge is 0.463 e. The Balaban J connectivity index is 1.50. The summed E-state index contributed by atoms with van der Waals surface area (Å²) in [5, 5.41) is 12.1. The molecular formula is C35H33N5O5S. The fourth-order valence-electron chi connectivity index (χ4n) is 5.94. The fraction of sp³-hybridized carbons (Fsp3) is 0.229. The lowest BCUT2D eigenvalue weighted by atomic mass is 9.95. The lowest BCUT2D eigenvalue weighted by molar-refractivity contribution is -0.384. The maximum absolute atomic E-state index is 14.3. The molecule has 0 aliphatic carbocycles. The minimum Gasteiger partial charge on any atom is -0.463 e. The van der Waals surface area contributed by atoms with Gasteiger partial charge in [-0.3, -0.25) is 19.5 Å². The number of fused-ring (bicyclic) bond motifs is 2. The van der Waals surface area contributed by atoms with E-state index in [1.165, 1.54) is 23.5 Å². The van der Waals surface area contributed by atoms with Gasteiger partial charge >= 0.3 is 5.97 Å². The van der Waals surface area contributed by atoms with Crippen LogP contribution in [-0.2, 0) is 16.1 Å². The molecule has 5 aromatic rings. The number of rotatable bonds is 8. The third-order valence-electron chi connectivity index (χ3n) is 8.29. The second-order valence-electron chi connectivity index (χ2n) is 11.3. The lowest BCUT2D eigenvalue weighted by Gasteiger charge is -2.25. The first kappa shape index (κ1) is 30.7. The molecule has 234 valence electrons. The van der Waals surface area contributed by atoms with Crippen LogP contribution in [0.1, 0.15) is 42.3 Å². The SMILES string of the molecule is CCOC(=O)C1=C(C)N=c2s/c(=C\c3c(C)n(Cc4ccc([N+](=O)[O-])cc4)c4ccccc34)c(=O)n2[C@@H]1c1ccc(N(C)C)cc1. The van der Waals surface area contributed by atoms with Crippen LogP contribution in [0.4, 0.5) is 11.4 Å². The molecule has 6 rings (SSSR count). The van der Waals surface area contributed by atoms with Crippen molar-refractivity contribution in [3.05, 3.63) is 136 Å². The van der Waals surface area contributed by atoms with E-state index in [1.807, 2.05) is 80.5 Å². The first-order valence-electron chi connectivity index (χ1n) is 14.9. The highest BCUT2D eigenvalue weighted by atomic mass is 32.1. The van der Waals surface area contributed by atoms with Gasteiger partial charge in [0.1, 0.15) is 0 Å². The summed E-state index contributed by atoms with van der Waals surface area (Å²) in [6, 6.07) is 21.6. The average Bonchev–Trinajstić information content (AvgIpc) is 3.49. The zero-order valence-electron chi connectivity index (χ0n) is 26.2. The van der Waals surface area contributed by atoms with Crippen LogP contribution in [0.5, 0.6) is 0 Å². The number of nitro groups is 1. The van der Waals surface area contributed by atoms with Gasteiger partial charge in [-0.15, -0.1) is 0 Å². The third kappa shape index (κ3) is 5.43. The van der Waals surface area contributed by atoms with Crippen molar-refractivity contribution in [3.8, 4) is 0 Å². The maximum atomic E-state index is 14.3. The predicted octanol–water partition coefficient (Wildman–Crippen LogP) is 5.08. The minimum absolute atomic E-state index is 0.0437. The molecule has 0 N–H and O–H groups in total. The van der Waals surface area contributed by atoms with E-state index in [9.17, 15) is 19.7 Å². The number of esters is 1. The zero-order valence-corrected chi connectivity index (χ0v) is 27.0. The van der Waals surface area contributed by atoms with E-state index in [0.717, 1.165) is 39.0 Å². The predicted molar refractivity (Wildman–Crippen MR) is 180 cm³/mol. The van der Waals surface area contributed by atoms with Gasteiger partial charge in [-0.25, -0.2) is 9.79 Å². The van der Waals surface area contributed by atoms with Crippen molar-refractivity contribution in [3.63, 3.8) is 0 Å². The first-order valence-corrected chi connectivity index (χ1v) is 15.7. The molecule has 3 aromatic carbocycles. The van der Waals surface area contributed by atoms with E-state index in [-0.39, 0.29) is 17.9 Å². The number of para-hydroxylation sites is 1. The normalized spacial score (nSPS) is 14.7. The number of hydrogen-bond acceptors (Lipinski definition) is 8. The van der Waals surface area contributed by atoms with Gasteiger partial charge in [0.15, 0.2) is 4.80 Å². The Bertz CT molecular complexity index is 2210. The Morgan fingerprint density at radius 2 is 1.76 bits per heavy atom. The third-order valence-corrected chi connectivity index (χ3v) is 9.27. The number of benzene rings is 3. The molecule has 0 fully saturated rings. The number of aromatic nitrogens is 2. The molecular weight excluding hydrogens is 602 g/mol. The van der Waals surface area contributed by atoms with Gasteiger partial charge in [0.05, 0.1) is 33.4 Å². The van der Waals surface area contributed by atoms with Crippen LogP contribution >= 0.6 is 11.3 Å². The van der Waals surface area contributed by atoms with Crippen LogP contribution in [0.25, 0.3) is 17.0 Å². The lowest BCUT2D eigenvalue weighted by Crippen LogP contribution is -2.40. The Hall–Kier alpha value is -5.29. The Morgan fingerprint density at radius 1 is 1.07 bits per heavy atom. The number of ether oxygens (including phenoxy) is 1. The molecule has 0 amide bonds. The molecule has 11 heteroatoms. The number of carbonyl (C=O) groups is 1. The molecule has 3 heterocycles. The summed E-state index contributed by atoms with van der Waals surface area (Å²) >= 11 is 1.29. The molecule has 0 radical (unpaired) electrons. The van der Waals surface area contributed by atoms with Crippen molar-refractivity contribution in [1.29, 1.82) is 0 Å². The van der Waals surface area contributed by atoms with Crippen LogP contribution < -0.4 is 19.8 Å². The van der Waals surface area contributed by atoms with E-state index in [1.54, 1.807) is 30.5 Å². The molecule has 2 aromatic heterocycles. The van der Waals surface area contributed by atoms with E-state index in [2.05, 4.69) is 4.57 Å². The highest BCUT2D eigenvalue weighted by Crippen LogP contribution is 2.32. The summed E-state index contributed by atoms with van der Waals surface area (Å²) in [6.07, 6.45) is 1.91. The van der Waals surface area contributed by atoms with E-state index >= 15 is 0 Å². The van der Waals surface area contributed by atoms with Crippen LogP contribution in [0.2, 0.25) is 0 Å². The molecule has 1 atom stereocenters. The Morgan fingerprint density at radius 3 is 2.41 bits per heavy atom. The van der Waals surface area contributed by atoms with Gasteiger partial charge in [-0.2, -0.15) is 0 Å². The number of nitro benzene ring substituents is 1. The van der Waals surface area contributed by atoms with Crippen molar-refractivity contribution < 1.29 is 14.5 Å². The van der Waals surface area contributed by atoms with E-state index in [4.69, 9.17) is 9.73 Å². The number of allylic oxidation sites excluding steroid dienone is 1. The van der Waals surface area contributed by atoms with Crippen molar-refractivity contribution in [2.24, 2.45) is 4.99 Å². The van der Waals surface area contributed by atoms with Crippen molar-refractivity contribution >= 4 is 45.7 Å². The van der Waals surface area contributed by atoms with Gasteiger partial charge in [0, 0.05) is 60.6 Å². The van der Waals surface area contributed by atoms with Crippen LogP contribution in [0.3, 0.4) is 0 Å². The molecule has 0 unspecified atom stereocenters. The Labute approximate surface area is 269 Å². The molecule has 46 heavy (non-hydrogen) atoms. The summed E-state index contributed by atoms with van der Waals surface area (Å²) in [4.78, 5) is 45.5. The summed E-state index contributed by atoms with van der Waals surface area (Å²) in [7, 11) is 3.91. The van der Waals surface area contributed by atoms with Gasteiger partial charge in [0.25, 0.3) is 11.2 Å². The van der Waals surface area contributed by atoms with E-state index < -0.39 is 16.9 Å². The summed E-state index contributed by atoms with van der Waals surface area (Å²) in [5.74, 6) is -0.495. The maximum Gasteiger partial charge on any atom is 0.338 e. The molecule has 0 bridgehead atoms. The molecule has 0 saturated heterocycles. The number of carbonyl (C=O) groups excluding carboxylic acids is 1. The topological polar surface area (TPSA) is 112 Å². The van der Waals surface area contributed by atoms with Crippen molar-refractivity contribution in [2.45, 2.75) is 33.4 Å². The highest BCUT2D eigenvalue weighted by Gasteiger charge is 2.33. The standard InChI is InChI=1S/C35H33N5O5S/c1-6-45-34(42)31-21(2)36-35-39(32(31)24-13-17-25(18-14-24)37(4)5)33(41)30(46-35)19-28-22(3)38(29-10-8-7-9-27(28)29)20-23-11-15-26(16-12-23)40(43)44/h7-19,32H,6,20H2,1-5H3/b30-19-/t32-/m1/s1. The number of anilines is 1. The molecule has 0 spiro atoms. The average molecular weight is 636 g/mol. The molecule has 10 nitrogen and oxygen atoms in total. The second kappa shape index (κ2) is 12.2. The van der Waals surface area contributed by atoms with Gasteiger partial charge in [0.2, 0.25) is 0 Å². The summed E-state index contributed by atoms with van der Waals surface area (Å²) in [5.41, 5.74) is 6.19. The highest BCUT2D eigenvalue weighted by molar-refractivity contribution is 7.07. The first-order chi connectivity index (χ1) is 22.1. The molecule has 1 aliphatic heterocycles. The van der Waals surface area contributed by atoms with Crippen molar-refractivity contribution in [2.75, 3.05) is 25.6 Å². The van der Waals surface area contributed by atoms with Gasteiger partial charge in [-0.05, 0) is 56.2 Å². The number of non-ortho nitro benzene ring substituents is 1. The van der Waals surface area contributed by atoms with E-state index in [0.29, 0.717) is 27.1 Å². The monoisotopic (exact) mass is 635 g/mol. The minimum atomic E-state index is -0.696. The second-order valence-corrected chi connectivity index (χ2v) is 12.3. The smallest absolute Gasteiger partial charge is 0.338 e. The van der Waals surface area contributed by atoms with Gasteiger partial charge in [-0.1, -0.05) is 53.8 Å². The fourth-order valence-corrected chi connectivity index (χ4v) is 6.97. The molecule has 0 saturated carbocycles. The number of nitrogens with zero attached hydrogens (tertiary/aromatic N) is 5. The van der Waals surface area contributed by atoms with Crippen LogP contribution in [0, 0.1) is 17.0 Å². The quantitative estimate of drug-likeness (QED) is 0.134. The summed E-state index contributed by atoms with van der Waals surface area (Å²) in [6.45, 7) is 6.25. The van der Waals surface area contributed by atoms with Crippen LogP contribution in [-0.4, -0.2) is 40.7 Å². The summed E-state index contributed by atoms with van der Waals surface area (Å²) < 4.78 is 9.68. The van der Waals surface area contributed by atoms with Crippen LogP contribution in [0.15, 0.2) is 93.9 Å². The molecule has 1 aliphatic rings. The van der Waals surface area contributed by atoms with Crippen molar-refractivity contribution in [1.82, 2.24) is 9.13 Å².